The molecule has 3 heteroatoms. The summed E-state index contributed by atoms with van der Waals surface area (Å²) in [7, 11) is 0. The number of nitrogens with zero attached hydrogens (tertiary/aromatic N) is 1. The molecule has 56 valence electrons. The third-order valence-corrected chi connectivity index (χ3v) is 1.47. The molecular weight excluding hydrogens is 145 g/mol. The lowest BCUT2D eigenvalue weighted by Gasteiger charge is -2.10. The van der Waals surface area contributed by atoms with Gasteiger partial charge in [-0.05, 0) is 12.1 Å². The van der Waals surface area contributed by atoms with Crippen LogP contribution in [0.4, 0.5) is 10.1 Å². The normalized spacial score (nSPS) is 13.9. The number of ether oxygens (including phenoxy) is 1. The van der Waals surface area contributed by atoms with Crippen LogP contribution in [0.5, 0.6) is 5.75 Å². The molecule has 1 aliphatic heterocycles. The fourth-order valence-electron chi connectivity index (χ4n) is 0.973. The number of rotatable bonds is 0. The van der Waals surface area contributed by atoms with Crippen molar-refractivity contribution in [3.63, 3.8) is 0 Å². The first kappa shape index (κ1) is 6.34. The first-order valence-corrected chi connectivity index (χ1v) is 3.31. The molecule has 1 aliphatic rings. The number of hydrogen-bond acceptors (Lipinski definition) is 2. The van der Waals surface area contributed by atoms with Crippen LogP contribution >= 0.6 is 0 Å². The Morgan fingerprint density at radius 2 is 2.36 bits per heavy atom. The maximum Gasteiger partial charge on any atom is 0.148 e. The van der Waals surface area contributed by atoms with Crippen molar-refractivity contribution in [2.75, 3.05) is 6.61 Å². The van der Waals surface area contributed by atoms with Crippen LogP contribution in [0.2, 0.25) is 0 Å². The minimum Gasteiger partial charge on any atom is -0.486 e. The molecule has 0 saturated heterocycles. The molecule has 1 aromatic rings. The summed E-state index contributed by atoms with van der Waals surface area (Å²) in [5.74, 6) is 0.230. The summed E-state index contributed by atoms with van der Waals surface area (Å²) < 4.78 is 17.7. The van der Waals surface area contributed by atoms with E-state index in [4.69, 9.17) is 4.74 Å². The summed E-state index contributed by atoms with van der Waals surface area (Å²) in [5, 5.41) is 0. The molecule has 2 nitrogen and oxygen atoms in total. The molecule has 0 atom stereocenters. The van der Waals surface area contributed by atoms with Crippen molar-refractivity contribution in [1.29, 1.82) is 0 Å². The Balaban J connectivity index is 2.53. The van der Waals surface area contributed by atoms with E-state index in [1.54, 1.807) is 12.3 Å². The molecule has 1 aromatic carbocycles. The van der Waals surface area contributed by atoms with Gasteiger partial charge in [0.2, 0.25) is 0 Å². The van der Waals surface area contributed by atoms with E-state index >= 15 is 0 Å². The van der Waals surface area contributed by atoms with Gasteiger partial charge in [0.15, 0.2) is 0 Å². The molecular formula is C8H6FNO. The lowest BCUT2D eigenvalue weighted by atomic mass is 10.3. The van der Waals surface area contributed by atoms with E-state index in [1.807, 2.05) is 0 Å². The van der Waals surface area contributed by atoms with Crippen molar-refractivity contribution in [2.24, 2.45) is 4.99 Å². The zero-order valence-corrected chi connectivity index (χ0v) is 5.75. The number of aliphatic imine (C=N–C) groups is 1. The summed E-state index contributed by atoms with van der Waals surface area (Å²) in [5.41, 5.74) is 0.692. The molecule has 0 amide bonds. The Kier molecular flexibility index (Phi) is 1.35. The zero-order chi connectivity index (χ0) is 7.68. The van der Waals surface area contributed by atoms with E-state index in [-0.39, 0.29) is 5.82 Å². The SMILES string of the molecule is Fc1ccc2c(c1)OCC=N2. The minimum absolute atomic E-state index is 0.291. The third-order valence-electron chi connectivity index (χ3n) is 1.47. The van der Waals surface area contributed by atoms with Gasteiger partial charge in [-0.3, -0.25) is 4.99 Å². The second-order valence-corrected chi connectivity index (χ2v) is 2.23. The van der Waals surface area contributed by atoms with Gasteiger partial charge in [-0.25, -0.2) is 4.39 Å². The van der Waals surface area contributed by atoms with Gasteiger partial charge in [-0.2, -0.15) is 0 Å². The summed E-state index contributed by atoms with van der Waals surface area (Å²) >= 11 is 0. The van der Waals surface area contributed by atoms with Gasteiger partial charge in [0, 0.05) is 12.3 Å². The second kappa shape index (κ2) is 2.34. The van der Waals surface area contributed by atoms with Crippen LogP contribution in [0.15, 0.2) is 23.2 Å². The first-order valence-electron chi connectivity index (χ1n) is 3.31. The lowest BCUT2D eigenvalue weighted by Crippen LogP contribution is -2.02. The maximum atomic E-state index is 12.6. The van der Waals surface area contributed by atoms with E-state index < -0.39 is 0 Å². The number of benzene rings is 1. The third kappa shape index (κ3) is 1.09. The molecule has 0 saturated carbocycles. The number of halogens is 1. The Hall–Kier alpha value is -1.38. The average Bonchev–Trinajstić information content (AvgIpc) is 2.04. The fourth-order valence-corrected chi connectivity index (χ4v) is 0.973. The number of fused-ring (bicyclic) bond motifs is 1. The molecule has 1 heterocycles. The summed E-state index contributed by atoms with van der Waals surface area (Å²) in [4.78, 5) is 4.02. The van der Waals surface area contributed by atoms with E-state index in [2.05, 4.69) is 4.99 Å². The van der Waals surface area contributed by atoms with E-state index in [1.165, 1.54) is 12.1 Å². The highest BCUT2D eigenvalue weighted by molar-refractivity contribution is 5.70. The lowest BCUT2D eigenvalue weighted by molar-refractivity contribution is 0.374. The maximum absolute atomic E-state index is 12.6. The molecule has 2 rings (SSSR count). The van der Waals surface area contributed by atoms with Gasteiger partial charge in [-0.1, -0.05) is 0 Å². The molecule has 0 aromatic heterocycles. The minimum atomic E-state index is -0.291. The van der Waals surface area contributed by atoms with Crippen molar-refractivity contribution < 1.29 is 9.13 Å². The van der Waals surface area contributed by atoms with E-state index in [0.717, 1.165) is 0 Å². The van der Waals surface area contributed by atoms with Crippen LogP contribution in [-0.4, -0.2) is 12.8 Å². The van der Waals surface area contributed by atoms with Gasteiger partial charge in [-0.15, -0.1) is 0 Å². The van der Waals surface area contributed by atoms with Crippen LogP contribution in [0.3, 0.4) is 0 Å². The highest BCUT2D eigenvalue weighted by atomic mass is 19.1. The van der Waals surface area contributed by atoms with Crippen LogP contribution in [-0.2, 0) is 0 Å². The van der Waals surface area contributed by atoms with Gasteiger partial charge >= 0.3 is 0 Å². The zero-order valence-electron chi connectivity index (χ0n) is 5.75. The highest BCUT2D eigenvalue weighted by Gasteiger charge is 2.06. The quantitative estimate of drug-likeness (QED) is 0.555. The molecule has 0 fully saturated rings. The fraction of sp³-hybridized carbons (Fsp3) is 0.125. The predicted molar refractivity (Wildman–Crippen MR) is 40.0 cm³/mol. The van der Waals surface area contributed by atoms with Crippen molar-refractivity contribution in [3.8, 4) is 5.75 Å². The van der Waals surface area contributed by atoms with Gasteiger partial charge in [0.25, 0.3) is 0 Å². The number of hydrogen-bond donors (Lipinski definition) is 0. The van der Waals surface area contributed by atoms with Gasteiger partial charge < -0.3 is 4.74 Å². The summed E-state index contributed by atoms with van der Waals surface area (Å²) in [6.07, 6.45) is 1.65. The van der Waals surface area contributed by atoms with Gasteiger partial charge in [0.1, 0.15) is 23.9 Å². The molecule has 11 heavy (non-hydrogen) atoms. The van der Waals surface area contributed by atoms with Crippen LogP contribution in [0, 0.1) is 5.82 Å². The second-order valence-electron chi connectivity index (χ2n) is 2.23. The monoisotopic (exact) mass is 151 g/mol. The topological polar surface area (TPSA) is 21.6 Å². The first-order chi connectivity index (χ1) is 5.36. The Bertz CT molecular complexity index is 309. The largest absolute Gasteiger partial charge is 0.486 e. The Morgan fingerprint density at radius 1 is 1.45 bits per heavy atom. The Morgan fingerprint density at radius 3 is 3.27 bits per heavy atom. The van der Waals surface area contributed by atoms with Crippen LogP contribution in [0.1, 0.15) is 0 Å². The average molecular weight is 151 g/mol. The summed E-state index contributed by atoms with van der Waals surface area (Å²) in [6.45, 7) is 0.427. The molecule has 0 N–H and O–H groups in total. The van der Waals surface area contributed by atoms with Crippen molar-refractivity contribution in [3.05, 3.63) is 24.0 Å². The molecule has 0 radical (unpaired) electrons. The van der Waals surface area contributed by atoms with Crippen LogP contribution < -0.4 is 4.74 Å². The molecule has 0 aliphatic carbocycles. The molecule has 0 unspecified atom stereocenters. The smallest absolute Gasteiger partial charge is 0.148 e. The van der Waals surface area contributed by atoms with Crippen LogP contribution in [0.25, 0.3) is 0 Å². The molecule has 0 spiro atoms. The van der Waals surface area contributed by atoms with Crippen molar-refractivity contribution >= 4 is 11.9 Å². The highest BCUT2D eigenvalue weighted by Crippen LogP contribution is 2.29. The Labute approximate surface area is 63.3 Å². The predicted octanol–water partition coefficient (Wildman–Crippen LogP) is 1.92. The van der Waals surface area contributed by atoms with E-state index in [9.17, 15) is 4.39 Å². The molecule has 0 bridgehead atoms. The summed E-state index contributed by atoms with van der Waals surface area (Å²) in [6, 6.07) is 4.30. The van der Waals surface area contributed by atoms with E-state index in [0.29, 0.717) is 18.0 Å². The van der Waals surface area contributed by atoms with Gasteiger partial charge in [0.05, 0.1) is 0 Å². The standard InChI is InChI=1S/C8H6FNO/c9-6-1-2-7-8(5-6)11-4-3-10-7/h1-3,5H,4H2. The van der Waals surface area contributed by atoms with Crippen molar-refractivity contribution in [2.45, 2.75) is 0 Å². The van der Waals surface area contributed by atoms with Crippen molar-refractivity contribution in [1.82, 2.24) is 0 Å².